The minimum absolute atomic E-state index is 0.0530. The minimum Gasteiger partial charge on any atom is -0.468 e. The second-order valence-corrected chi connectivity index (χ2v) is 6.74. The van der Waals surface area contributed by atoms with Crippen molar-refractivity contribution in [2.45, 2.75) is 19.3 Å². The Morgan fingerprint density at radius 2 is 2.20 bits per heavy atom. The maximum atomic E-state index is 13.7. The Morgan fingerprint density at radius 1 is 1.44 bits per heavy atom. The number of Topliss-reactive ketones (excluding diaryl/α,β-unsaturated/α-hetero) is 1. The normalized spacial score (nSPS) is 23.2. The Kier molecular flexibility index (Phi) is 5.15. The molecule has 25 heavy (non-hydrogen) atoms. The molecular formula is C18H17BrFNO4. The molecule has 0 saturated heterocycles. The molecule has 0 fully saturated rings. The van der Waals surface area contributed by atoms with Crippen LogP contribution in [0.25, 0.3) is 0 Å². The number of halogens is 2. The van der Waals surface area contributed by atoms with Crippen LogP contribution in [0.2, 0.25) is 0 Å². The van der Waals surface area contributed by atoms with Gasteiger partial charge in [0.05, 0.1) is 23.9 Å². The van der Waals surface area contributed by atoms with Crippen LogP contribution in [-0.4, -0.2) is 37.8 Å². The van der Waals surface area contributed by atoms with E-state index >= 15 is 0 Å². The van der Waals surface area contributed by atoms with Crippen LogP contribution < -0.4 is 0 Å². The van der Waals surface area contributed by atoms with E-state index in [1.54, 1.807) is 12.1 Å². The van der Waals surface area contributed by atoms with Gasteiger partial charge in [-0.05, 0) is 40.0 Å². The number of aliphatic imine (C=N–C) groups is 1. The molecule has 0 radical (unpaired) electrons. The zero-order valence-electron chi connectivity index (χ0n) is 13.8. The van der Waals surface area contributed by atoms with Crippen LogP contribution in [-0.2, 0) is 19.1 Å². The number of carbonyl (C=O) groups excluding carboxylic acids is 2. The van der Waals surface area contributed by atoms with Gasteiger partial charge in [-0.1, -0.05) is 13.0 Å². The van der Waals surface area contributed by atoms with Gasteiger partial charge in [0.25, 0.3) is 0 Å². The van der Waals surface area contributed by atoms with Gasteiger partial charge in [0.15, 0.2) is 5.78 Å². The highest BCUT2D eigenvalue weighted by atomic mass is 79.9. The Hall–Kier alpha value is -1.86. The molecule has 2 aliphatic heterocycles. The van der Waals surface area contributed by atoms with Gasteiger partial charge in [-0.25, -0.2) is 4.39 Å². The van der Waals surface area contributed by atoms with Crippen LogP contribution in [0.15, 0.2) is 38.9 Å². The van der Waals surface area contributed by atoms with Gasteiger partial charge in [0, 0.05) is 17.2 Å². The van der Waals surface area contributed by atoms with E-state index in [9.17, 15) is 14.0 Å². The van der Waals surface area contributed by atoms with Crippen molar-refractivity contribution in [3.8, 4) is 0 Å². The van der Waals surface area contributed by atoms with Crippen molar-refractivity contribution < 1.29 is 23.5 Å². The van der Waals surface area contributed by atoms with Crippen LogP contribution in [0.4, 0.5) is 4.39 Å². The smallest absolute Gasteiger partial charge is 0.315 e. The first-order valence-electron chi connectivity index (χ1n) is 7.92. The van der Waals surface area contributed by atoms with Crippen molar-refractivity contribution in [2.24, 2.45) is 10.9 Å². The lowest BCUT2D eigenvalue weighted by molar-refractivity contribution is -0.143. The van der Waals surface area contributed by atoms with Crippen molar-refractivity contribution in [1.82, 2.24) is 0 Å². The second kappa shape index (κ2) is 7.17. The first-order chi connectivity index (χ1) is 12.0. The van der Waals surface area contributed by atoms with Crippen LogP contribution in [0.1, 0.15) is 24.8 Å². The van der Waals surface area contributed by atoms with E-state index in [2.05, 4.69) is 20.9 Å². The predicted octanol–water partition coefficient (Wildman–Crippen LogP) is 3.18. The van der Waals surface area contributed by atoms with E-state index in [1.165, 1.54) is 13.2 Å². The fourth-order valence-corrected chi connectivity index (χ4v) is 3.76. The third kappa shape index (κ3) is 3.18. The molecule has 0 aliphatic carbocycles. The standard InChI is InChI=1S/C18H17BrFNO4/c1-3-12-17(18(23)24-2)15(9-4-5-11(20)10(19)6-9)16-13(21-12)7-25-8-14(16)22/h4-6,15,17H,3,7-8H2,1-2H3. The maximum Gasteiger partial charge on any atom is 0.315 e. The summed E-state index contributed by atoms with van der Waals surface area (Å²) in [6.45, 7) is 2.06. The number of benzene rings is 1. The summed E-state index contributed by atoms with van der Waals surface area (Å²) >= 11 is 3.17. The molecule has 1 aromatic carbocycles. The highest BCUT2D eigenvalue weighted by molar-refractivity contribution is 9.10. The van der Waals surface area contributed by atoms with Crippen LogP contribution in [0.5, 0.6) is 0 Å². The molecule has 2 atom stereocenters. The molecule has 0 amide bonds. The summed E-state index contributed by atoms with van der Waals surface area (Å²) in [6.07, 6.45) is 0.531. The number of carbonyl (C=O) groups is 2. The number of esters is 1. The predicted molar refractivity (Wildman–Crippen MR) is 92.9 cm³/mol. The van der Waals surface area contributed by atoms with Crippen LogP contribution >= 0.6 is 15.9 Å². The highest BCUT2D eigenvalue weighted by Gasteiger charge is 2.44. The Bertz CT molecular complexity index is 802. The van der Waals surface area contributed by atoms with Crippen molar-refractivity contribution in [1.29, 1.82) is 0 Å². The molecule has 2 heterocycles. The molecule has 0 bridgehead atoms. The number of ketones is 1. The molecule has 3 rings (SSSR count). The molecule has 1 aromatic rings. The number of hydrogen-bond donors (Lipinski definition) is 0. The fraction of sp³-hybridized carbons (Fsp3) is 0.389. The van der Waals surface area contributed by atoms with Gasteiger partial charge in [-0.2, -0.15) is 0 Å². The van der Waals surface area contributed by atoms with E-state index < -0.39 is 23.6 Å². The molecule has 0 N–H and O–H groups in total. The largest absolute Gasteiger partial charge is 0.468 e. The van der Waals surface area contributed by atoms with Crippen LogP contribution in [0, 0.1) is 11.7 Å². The first-order valence-corrected chi connectivity index (χ1v) is 8.71. The third-order valence-corrected chi connectivity index (χ3v) is 5.09. The number of ether oxygens (including phenoxy) is 2. The lowest BCUT2D eigenvalue weighted by Crippen LogP contribution is -2.39. The highest BCUT2D eigenvalue weighted by Crippen LogP contribution is 2.42. The summed E-state index contributed by atoms with van der Waals surface area (Å²) in [5.41, 5.74) is 2.29. The molecule has 0 spiro atoms. The van der Waals surface area contributed by atoms with Crippen molar-refractivity contribution >= 4 is 33.4 Å². The van der Waals surface area contributed by atoms with Crippen molar-refractivity contribution in [3.05, 3.63) is 45.3 Å². The van der Waals surface area contributed by atoms with Gasteiger partial charge in [0.1, 0.15) is 18.3 Å². The summed E-state index contributed by atoms with van der Waals surface area (Å²) in [6, 6.07) is 4.50. The second-order valence-electron chi connectivity index (χ2n) is 5.89. The molecule has 5 nitrogen and oxygen atoms in total. The Morgan fingerprint density at radius 3 is 2.84 bits per heavy atom. The summed E-state index contributed by atoms with van der Waals surface area (Å²) in [7, 11) is 1.31. The summed E-state index contributed by atoms with van der Waals surface area (Å²) in [4.78, 5) is 29.5. The fourth-order valence-electron chi connectivity index (χ4n) is 3.37. The molecule has 2 aliphatic rings. The number of methoxy groups -OCH3 is 1. The molecule has 2 unspecified atom stereocenters. The van der Waals surface area contributed by atoms with Gasteiger partial charge >= 0.3 is 5.97 Å². The molecule has 7 heteroatoms. The monoisotopic (exact) mass is 409 g/mol. The minimum atomic E-state index is -0.715. The zero-order valence-corrected chi connectivity index (χ0v) is 15.4. The van der Waals surface area contributed by atoms with E-state index in [-0.39, 0.29) is 23.5 Å². The maximum absolute atomic E-state index is 13.7. The SMILES string of the molecule is CCC1=NC2=C(C(=O)COC2)C(c2ccc(F)c(Br)c2)C1C(=O)OC. The summed E-state index contributed by atoms with van der Waals surface area (Å²) in [5, 5.41) is 0. The van der Waals surface area contributed by atoms with Crippen molar-refractivity contribution in [2.75, 3.05) is 20.3 Å². The number of nitrogens with zero attached hydrogens (tertiary/aromatic N) is 1. The van der Waals surface area contributed by atoms with E-state index in [4.69, 9.17) is 9.47 Å². The van der Waals surface area contributed by atoms with E-state index in [0.717, 1.165) is 0 Å². The number of hydrogen-bond acceptors (Lipinski definition) is 5. The topological polar surface area (TPSA) is 65.0 Å². The lowest BCUT2D eigenvalue weighted by atomic mass is 9.73. The van der Waals surface area contributed by atoms with Gasteiger partial charge in [-0.3, -0.25) is 14.6 Å². The summed E-state index contributed by atoms with van der Waals surface area (Å²) in [5.74, 6) is -2.36. The average molecular weight is 410 g/mol. The number of rotatable bonds is 3. The van der Waals surface area contributed by atoms with E-state index in [1.807, 2.05) is 6.92 Å². The van der Waals surface area contributed by atoms with E-state index in [0.29, 0.717) is 29.0 Å². The summed E-state index contributed by atoms with van der Waals surface area (Å²) < 4.78 is 24.2. The van der Waals surface area contributed by atoms with Crippen LogP contribution in [0.3, 0.4) is 0 Å². The lowest BCUT2D eigenvalue weighted by Gasteiger charge is -2.34. The first kappa shape index (κ1) is 17.9. The van der Waals surface area contributed by atoms with Gasteiger partial charge < -0.3 is 9.47 Å². The van der Waals surface area contributed by atoms with Gasteiger partial charge in [0.2, 0.25) is 0 Å². The molecule has 132 valence electrons. The van der Waals surface area contributed by atoms with Gasteiger partial charge in [-0.15, -0.1) is 0 Å². The van der Waals surface area contributed by atoms with Crippen molar-refractivity contribution in [3.63, 3.8) is 0 Å². The Labute approximate surface area is 153 Å². The third-order valence-electron chi connectivity index (χ3n) is 4.49. The Balaban J connectivity index is 2.22. The zero-order chi connectivity index (χ0) is 18.1. The molecule has 0 aromatic heterocycles. The molecular weight excluding hydrogens is 393 g/mol. The average Bonchev–Trinajstić information content (AvgIpc) is 2.62. The molecule has 0 saturated carbocycles. The quantitative estimate of drug-likeness (QED) is 0.719.